The van der Waals surface area contributed by atoms with Crippen molar-refractivity contribution in [2.45, 2.75) is 46.2 Å². The summed E-state index contributed by atoms with van der Waals surface area (Å²) in [5.74, 6) is 0.0815. The standard InChI is InChI=1S/C27H30N4O2/c1-18-7-6-8-21(15-18)17-30-20(3)16-19(2)25(30)26(32)29-13-11-22(12-14-29)31-24-10-5-4-9-23(24)28-27(31)33/h4-10,15-16,22H,11-14,17H2,1-3H3,(H,28,33). The highest BCUT2D eigenvalue weighted by Gasteiger charge is 2.29. The molecule has 0 atom stereocenters. The van der Waals surface area contributed by atoms with Gasteiger partial charge < -0.3 is 14.5 Å². The third-order valence-corrected chi connectivity index (χ3v) is 6.86. The summed E-state index contributed by atoms with van der Waals surface area (Å²) in [6.45, 7) is 8.14. The fourth-order valence-corrected chi connectivity index (χ4v) is 5.24. The molecule has 5 rings (SSSR count). The number of amides is 1. The molecule has 3 heterocycles. The number of hydrogen-bond acceptors (Lipinski definition) is 2. The Morgan fingerprint density at radius 2 is 1.76 bits per heavy atom. The van der Waals surface area contributed by atoms with Gasteiger partial charge in [0.15, 0.2) is 0 Å². The number of likely N-dealkylation sites (tertiary alicyclic amines) is 1. The fraction of sp³-hybridized carbons (Fsp3) is 0.333. The van der Waals surface area contributed by atoms with Crippen LogP contribution in [0.4, 0.5) is 0 Å². The summed E-state index contributed by atoms with van der Waals surface area (Å²) in [6.07, 6.45) is 1.54. The van der Waals surface area contributed by atoms with Crippen LogP contribution in [-0.4, -0.2) is 38.0 Å². The molecule has 6 nitrogen and oxygen atoms in total. The van der Waals surface area contributed by atoms with Crippen LogP contribution in [0.3, 0.4) is 0 Å². The van der Waals surface area contributed by atoms with Gasteiger partial charge in [0.1, 0.15) is 5.69 Å². The number of nitrogens with one attached hydrogen (secondary N) is 1. The van der Waals surface area contributed by atoms with Crippen molar-refractivity contribution in [3.05, 3.63) is 93.2 Å². The molecule has 0 bridgehead atoms. The lowest BCUT2D eigenvalue weighted by molar-refractivity contribution is 0.0683. The number of carbonyl (C=O) groups excluding carboxylic acids is 1. The topological polar surface area (TPSA) is 63.0 Å². The highest BCUT2D eigenvalue weighted by Crippen LogP contribution is 2.27. The molecule has 1 fully saturated rings. The molecule has 1 aliphatic heterocycles. The van der Waals surface area contributed by atoms with Crippen LogP contribution in [0.2, 0.25) is 0 Å². The van der Waals surface area contributed by atoms with E-state index in [4.69, 9.17) is 0 Å². The van der Waals surface area contributed by atoms with Gasteiger partial charge in [-0.1, -0.05) is 42.0 Å². The van der Waals surface area contributed by atoms with Crippen LogP contribution in [0.5, 0.6) is 0 Å². The number of carbonyl (C=O) groups is 1. The molecule has 2 aromatic carbocycles. The zero-order valence-electron chi connectivity index (χ0n) is 19.5. The number of para-hydroxylation sites is 2. The number of aromatic amines is 1. The van der Waals surface area contributed by atoms with E-state index >= 15 is 0 Å². The van der Waals surface area contributed by atoms with Gasteiger partial charge in [-0.25, -0.2) is 4.79 Å². The lowest BCUT2D eigenvalue weighted by Crippen LogP contribution is -2.41. The maximum absolute atomic E-state index is 13.6. The summed E-state index contributed by atoms with van der Waals surface area (Å²) in [5.41, 5.74) is 7.03. The maximum atomic E-state index is 13.6. The van der Waals surface area contributed by atoms with E-state index in [1.54, 1.807) is 0 Å². The van der Waals surface area contributed by atoms with Crippen LogP contribution in [0.1, 0.15) is 51.8 Å². The van der Waals surface area contributed by atoms with E-state index in [0.717, 1.165) is 40.8 Å². The molecule has 33 heavy (non-hydrogen) atoms. The number of H-pyrrole nitrogens is 1. The monoisotopic (exact) mass is 442 g/mol. The van der Waals surface area contributed by atoms with Crippen molar-refractivity contribution >= 4 is 16.9 Å². The minimum absolute atomic E-state index is 0.0699. The third kappa shape index (κ3) is 3.90. The van der Waals surface area contributed by atoms with Gasteiger partial charge >= 0.3 is 5.69 Å². The van der Waals surface area contributed by atoms with E-state index in [1.165, 1.54) is 11.1 Å². The first kappa shape index (κ1) is 21.3. The zero-order chi connectivity index (χ0) is 23.1. The molecule has 6 heteroatoms. The van der Waals surface area contributed by atoms with E-state index in [2.05, 4.69) is 53.7 Å². The summed E-state index contributed by atoms with van der Waals surface area (Å²) in [5, 5.41) is 0. The molecular weight excluding hydrogens is 412 g/mol. The van der Waals surface area contributed by atoms with Gasteiger partial charge in [0.2, 0.25) is 0 Å². The Morgan fingerprint density at radius 3 is 2.52 bits per heavy atom. The molecule has 1 N–H and O–H groups in total. The van der Waals surface area contributed by atoms with Crippen LogP contribution < -0.4 is 5.69 Å². The summed E-state index contributed by atoms with van der Waals surface area (Å²) in [7, 11) is 0. The predicted molar refractivity (Wildman–Crippen MR) is 131 cm³/mol. The fourth-order valence-electron chi connectivity index (χ4n) is 5.24. The van der Waals surface area contributed by atoms with Crippen molar-refractivity contribution in [2.24, 2.45) is 0 Å². The summed E-state index contributed by atoms with van der Waals surface area (Å²) < 4.78 is 4.01. The number of nitrogens with zero attached hydrogens (tertiary/aromatic N) is 3. The average Bonchev–Trinajstić information content (AvgIpc) is 3.28. The van der Waals surface area contributed by atoms with Gasteiger partial charge in [-0.15, -0.1) is 0 Å². The second kappa shape index (κ2) is 8.43. The maximum Gasteiger partial charge on any atom is 0.326 e. The van der Waals surface area contributed by atoms with E-state index in [-0.39, 0.29) is 17.6 Å². The summed E-state index contributed by atoms with van der Waals surface area (Å²) in [4.78, 5) is 31.1. The van der Waals surface area contributed by atoms with E-state index in [1.807, 2.05) is 40.7 Å². The first-order valence-corrected chi connectivity index (χ1v) is 11.6. The van der Waals surface area contributed by atoms with Crippen LogP contribution in [0.25, 0.3) is 11.0 Å². The predicted octanol–water partition coefficient (Wildman–Crippen LogP) is 4.58. The zero-order valence-corrected chi connectivity index (χ0v) is 19.5. The Bertz CT molecular complexity index is 1380. The molecule has 170 valence electrons. The Kier molecular flexibility index (Phi) is 5.44. The number of rotatable bonds is 4. The van der Waals surface area contributed by atoms with Crippen LogP contribution in [0, 0.1) is 20.8 Å². The molecule has 0 radical (unpaired) electrons. The first-order chi connectivity index (χ1) is 15.9. The SMILES string of the molecule is Cc1cccc(Cn2c(C)cc(C)c2C(=O)N2CCC(n3c(=O)[nH]c4ccccc43)CC2)c1. The van der Waals surface area contributed by atoms with Crippen LogP contribution in [-0.2, 0) is 6.54 Å². The molecule has 0 spiro atoms. The Morgan fingerprint density at radius 1 is 1.00 bits per heavy atom. The quantitative estimate of drug-likeness (QED) is 0.503. The Hall–Kier alpha value is -3.54. The van der Waals surface area contributed by atoms with Crippen LogP contribution in [0.15, 0.2) is 59.4 Å². The lowest BCUT2D eigenvalue weighted by atomic mass is 10.0. The van der Waals surface area contributed by atoms with Crippen molar-refractivity contribution in [2.75, 3.05) is 13.1 Å². The van der Waals surface area contributed by atoms with Gasteiger partial charge in [-0.2, -0.15) is 0 Å². The number of imidazole rings is 1. The number of aromatic nitrogens is 3. The van der Waals surface area contributed by atoms with Gasteiger partial charge in [0.25, 0.3) is 5.91 Å². The van der Waals surface area contributed by atoms with Gasteiger partial charge in [-0.3, -0.25) is 9.36 Å². The normalized spacial score (nSPS) is 14.8. The van der Waals surface area contributed by atoms with Crippen molar-refractivity contribution in [3.63, 3.8) is 0 Å². The number of benzene rings is 2. The van der Waals surface area contributed by atoms with Gasteiger partial charge in [0.05, 0.1) is 11.0 Å². The molecular formula is C27H30N4O2. The average molecular weight is 443 g/mol. The minimum atomic E-state index is -0.0699. The number of piperidine rings is 1. The lowest BCUT2D eigenvalue weighted by Gasteiger charge is -2.33. The van der Waals surface area contributed by atoms with Crippen LogP contribution >= 0.6 is 0 Å². The molecule has 0 saturated carbocycles. The van der Waals surface area contributed by atoms with Crippen molar-refractivity contribution in [1.29, 1.82) is 0 Å². The molecule has 1 amide bonds. The largest absolute Gasteiger partial charge is 0.337 e. The van der Waals surface area contributed by atoms with Gasteiger partial charge in [-0.05, 0) is 62.9 Å². The van der Waals surface area contributed by atoms with Crippen molar-refractivity contribution in [3.8, 4) is 0 Å². The molecule has 1 aliphatic rings. The first-order valence-electron chi connectivity index (χ1n) is 11.6. The summed E-state index contributed by atoms with van der Waals surface area (Å²) in [6, 6.07) is 18.4. The second-order valence-corrected chi connectivity index (χ2v) is 9.23. The third-order valence-electron chi connectivity index (χ3n) is 6.86. The number of fused-ring (bicyclic) bond motifs is 1. The molecule has 2 aromatic heterocycles. The van der Waals surface area contributed by atoms with E-state index < -0.39 is 0 Å². The summed E-state index contributed by atoms with van der Waals surface area (Å²) >= 11 is 0. The van der Waals surface area contributed by atoms with Gasteiger partial charge in [0, 0.05) is 31.4 Å². The molecule has 0 unspecified atom stereocenters. The second-order valence-electron chi connectivity index (χ2n) is 9.23. The Labute approximate surface area is 193 Å². The highest BCUT2D eigenvalue weighted by atomic mass is 16.2. The number of aryl methyl sites for hydroxylation is 3. The van der Waals surface area contributed by atoms with E-state index in [9.17, 15) is 9.59 Å². The molecule has 0 aliphatic carbocycles. The van der Waals surface area contributed by atoms with Crippen molar-refractivity contribution < 1.29 is 4.79 Å². The molecule has 4 aromatic rings. The smallest absolute Gasteiger partial charge is 0.326 e. The number of hydrogen-bond donors (Lipinski definition) is 1. The van der Waals surface area contributed by atoms with E-state index in [0.29, 0.717) is 19.6 Å². The highest BCUT2D eigenvalue weighted by molar-refractivity contribution is 5.94. The minimum Gasteiger partial charge on any atom is -0.337 e. The Balaban J connectivity index is 1.36. The van der Waals surface area contributed by atoms with Crippen molar-refractivity contribution in [1.82, 2.24) is 19.0 Å². The molecule has 1 saturated heterocycles.